The molecule has 1 aliphatic heterocycles. The molecule has 1 aliphatic rings. The van der Waals surface area contributed by atoms with Gasteiger partial charge in [0.15, 0.2) is 0 Å². The molecule has 0 saturated carbocycles. The number of thioether (sulfide) groups is 1. The van der Waals surface area contributed by atoms with E-state index in [0.717, 1.165) is 40.3 Å². The van der Waals surface area contributed by atoms with E-state index in [1.54, 1.807) is 11.8 Å². The molecule has 0 aliphatic carbocycles. The van der Waals surface area contributed by atoms with Gasteiger partial charge in [-0.05, 0) is 30.5 Å². The van der Waals surface area contributed by atoms with Crippen LogP contribution in [0.25, 0.3) is 0 Å². The van der Waals surface area contributed by atoms with Crippen LogP contribution in [0, 0.1) is 5.92 Å². The van der Waals surface area contributed by atoms with E-state index in [0.29, 0.717) is 5.92 Å². The van der Waals surface area contributed by atoms with Gasteiger partial charge < -0.3 is 4.74 Å². The zero-order valence-electron chi connectivity index (χ0n) is 8.21. The average molecular weight is 263 g/mol. The monoisotopic (exact) mass is 262 g/mol. The summed E-state index contributed by atoms with van der Waals surface area (Å²) < 4.78 is 5.33. The second-order valence-corrected chi connectivity index (χ2v) is 5.52. The highest BCUT2D eigenvalue weighted by molar-refractivity contribution is 7.99. The lowest BCUT2D eigenvalue weighted by Gasteiger charge is -2.08. The Morgan fingerprint density at radius 1 is 1.40 bits per heavy atom. The van der Waals surface area contributed by atoms with Gasteiger partial charge in [0.05, 0.1) is 11.6 Å². The Bertz CT molecular complexity index is 337. The van der Waals surface area contributed by atoms with Crippen molar-refractivity contribution in [3.05, 3.63) is 28.2 Å². The third-order valence-electron chi connectivity index (χ3n) is 2.39. The summed E-state index contributed by atoms with van der Waals surface area (Å²) >= 11 is 13.7. The van der Waals surface area contributed by atoms with E-state index in [4.69, 9.17) is 27.9 Å². The highest BCUT2D eigenvalue weighted by atomic mass is 35.5. The first kappa shape index (κ1) is 11.6. The van der Waals surface area contributed by atoms with Crippen LogP contribution in [0.2, 0.25) is 10.0 Å². The van der Waals surface area contributed by atoms with Crippen LogP contribution < -0.4 is 0 Å². The number of halogens is 2. The molecule has 1 fully saturated rings. The van der Waals surface area contributed by atoms with Crippen LogP contribution in [-0.2, 0) is 4.74 Å². The molecule has 1 heterocycles. The van der Waals surface area contributed by atoms with Crippen molar-refractivity contribution in [2.45, 2.75) is 11.3 Å². The van der Waals surface area contributed by atoms with Gasteiger partial charge in [0, 0.05) is 22.3 Å². The first-order valence-electron chi connectivity index (χ1n) is 4.91. The van der Waals surface area contributed by atoms with Gasteiger partial charge in [-0.1, -0.05) is 23.2 Å². The maximum Gasteiger partial charge on any atom is 0.0542 e. The molecule has 0 amide bonds. The third-order valence-corrected chi connectivity index (χ3v) is 4.36. The first-order valence-corrected chi connectivity index (χ1v) is 6.65. The molecule has 4 heteroatoms. The maximum absolute atomic E-state index is 6.07. The van der Waals surface area contributed by atoms with E-state index in [2.05, 4.69) is 0 Å². The lowest BCUT2D eigenvalue weighted by Crippen LogP contribution is -2.01. The van der Waals surface area contributed by atoms with Crippen LogP contribution in [0.15, 0.2) is 23.1 Å². The largest absolute Gasteiger partial charge is 0.381 e. The zero-order chi connectivity index (χ0) is 10.7. The minimum Gasteiger partial charge on any atom is -0.381 e. The number of hydrogen-bond donors (Lipinski definition) is 0. The van der Waals surface area contributed by atoms with E-state index >= 15 is 0 Å². The highest BCUT2D eigenvalue weighted by Crippen LogP contribution is 2.32. The quantitative estimate of drug-likeness (QED) is 0.758. The van der Waals surface area contributed by atoms with Crippen molar-refractivity contribution < 1.29 is 4.74 Å². The van der Waals surface area contributed by atoms with Crippen LogP contribution in [0.4, 0.5) is 0 Å². The number of ether oxygens (including phenoxy) is 1. The van der Waals surface area contributed by atoms with Gasteiger partial charge in [0.2, 0.25) is 0 Å². The summed E-state index contributed by atoms with van der Waals surface area (Å²) in [5, 5.41) is 1.52. The molecular weight excluding hydrogens is 251 g/mol. The van der Waals surface area contributed by atoms with Crippen molar-refractivity contribution in [1.29, 1.82) is 0 Å². The molecular formula is C11H12Cl2OS. The lowest BCUT2D eigenvalue weighted by atomic mass is 10.2. The van der Waals surface area contributed by atoms with Gasteiger partial charge >= 0.3 is 0 Å². The molecule has 1 nitrogen and oxygen atoms in total. The topological polar surface area (TPSA) is 9.23 Å². The molecule has 1 aromatic rings. The van der Waals surface area contributed by atoms with Crippen LogP contribution in [0.3, 0.4) is 0 Å². The third kappa shape index (κ3) is 3.28. The predicted octanol–water partition coefficient (Wildman–Crippen LogP) is 4.12. The van der Waals surface area contributed by atoms with Crippen molar-refractivity contribution in [3.63, 3.8) is 0 Å². The van der Waals surface area contributed by atoms with Crippen LogP contribution in [0.5, 0.6) is 0 Å². The normalized spacial score (nSPS) is 20.8. The minimum atomic E-state index is 0.657. The maximum atomic E-state index is 6.07. The first-order chi connectivity index (χ1) is 7.25. The summed E-state index contributed by atoms with van der Waals surface area (Å²) in [5.41, 5.74) is 0. The predicted molar refractivity (Wildman–Crippen MR) is 66.1 cm³/mol. The Morgan fingerprint density at radius 2 is 2.27 bits per heavy atom. The molecule has 1 atom stereocenters. The second kappa shape index (κ2) is 5.44. The molecule has 0 bridgehead atoms. The van der Waals surface area contributed by atoms with Gasteiger partial charge in [-0.3, -0.25) is 0 Å². The Kier molecular flexibility index (Phi) is 4.21. The molecule has 15 heavy (non-hydrogen) atoms. The van der Waals surface area contributed by atoms with Gasteiger partial charge in [0.25, 0.3) is 0 Å². The van der Waals surface area contributed by atoms with E-state index in [-0.39, 0.29) is 0 Å². The summed E-state index contributed by atoms with van der Waals surface area (Å²) in [6.45, 7) is 1.78. The standard InChI is InChI=1S/C11H12Cl2OS/c12-9-1-2-10(13)11(5-9)15-7-8-3-4-14-6-8/h1-2,5,8H,3-4,6-7H2. The van der Waals surface area contributed by atoms with E-state index in [1.807, 2.05) is 18.2 Å². The van der Waals surface area contributed by atoms with Gasteiger partial charge in [-0.2, -0.15) is 0 Å². The fraction of sp³-hybridized carbons (Fsp3) is 0.455. The molecule has 0 aromatic heterocycles. The van der Waals surface area contributed by atoms with E-state index < -0.39 is 0 Å². The number of rotatable bonds is 3. The number of benzene rings is 1. The average Bonchev–Trinajstić information content (AvgIpc) is 2.72. The minimum absolute atomic E-state index is 0.657. The van der Waals surface area contributed by atoms with Gasteiger partial charge in [0.1, 0.15) is 0 Å². The molecule has 1 unspecified atom stereocenters. The highest BCUT2D eigenvalue weighted by Gasteiger charge is 2.16. The van der Waals surface area contributed by atoms with Crippen molar-refractivity contribution in [1.82, 2.24) is 0 Å². The Hall–Kier alpha value is 0.110. The Morgan fingerprint density at radius 3 is 3.00 bits per heavy atom. The zero-order valence-corrected chi connectivity index (χ0v) is 10.5. The smallest absolute Gasteiger partial charge is 0.0542 e. The van der Waals surface area contributed by atoms with Gasteiger partial charge in [-0.25, -0.2) is 0 Å². The molecule has 0 N–H and O–H groups in total. The molecule has 0 spiro atoms. The van der Waals surface area contributed by atoms with Crippen LogP contribution in [0.1, 0.15) is 6.42 Å². The summed E-state index contributed by atoms with van der Waals surface area (Å²) in [6, 6.07) is 5.58. The van der Waals surface area contributed by atoms with E-state index in [1.165, 1.54) is 0 Å². The molecule has 2 rings (SSSR count). The fourth-order valence-electron chi connectivity index (χ4n) is 1.51. The SMILES string of the molecule is Clc1ccc(Cl)c(SCC2CCOC2)c1. The molecule has 1 aromatic carbocycles. The van der Waals surface area contributed by atoms with Crippen molar-refractivity contribution in [2.75, 3.05) is 19.0 Å². The van der Waals surface area contributed by atoms with Gasteiger partial charge in [-0.15, -0.1) is 11.8 Å². The van der Waals surface area contributed by atoms with Crippen molar-refractivity contribution in [3.8, 4) is 0 Å². The second-order valence-electron chi connectivity index (χ2n) is 3.62. The fourth-order valence-corrected chi connectivity index (χ4v) is 3.12. The molecule has 82 valence electrons. The summed E-state index contributed by atoms with van der Waals surface area (Å²) in [4.78, 5) is 1.07. The van der Waals surface area contributed by atoms with E-state index in [9.17, 15) is 0 Å². The lowest BCUT2D eigenvalue weighted by molar-refractivity contribution is 0.189. The number of hydrogen-bond acceptors (Lipinski definition) is 2. The van der Waals surface area contributed by atoms with Crippen molar-refractivity contribution >= 4 is 35.0 Å². The summed E-state index contributed by atoms with van der Waals surface area (Å²) in [5.74, 6) is 1.71. The van der Waals surface area contributed by atoms with Crippen molar-refractivity contribution in [2.24, 2.45) is 5.92 Å². The summed E-state index contributed by atoms with van der Waals surface area (Å²) in [7, 11) is 0. The van der Waals surface area contributed by atoms with Crippen LogP contribution in [-0.4, -0.2) is 19.0 Å². The Balaban J connectivity index is 1.94. The van der Waals surface area contributed by atoms with Crippen LogP contribution >= 0.6 is 35.0 Å². The molecule has 1 saturated heterocycles. The molecule has 0 radical (unpaired) electrons. The summed E-state index contributed by atoms with van der Waals surface area (Å²) in [6.07, 6.45) is 1.16. The Labute approximate surface area is 104 Å².